The molecule has 0 spiro atoms. The summed E-state index contributed by atoms with van der Waals surface area (Å²) >= 11 is 0. The van der Waals surface area contributed by atoms with Crippen LogP contribution in [0.3, 0.4) is 0 Å². The Labute approximate surface area is 127 Å². The third-order valence-electron chi connectivity index (χ3n) is 3.07. The van der Waals surface area contributed by atoms with E-state index in [0.717, 1.165) is 0 Å². The number of sulfonamides is 1. The average molecular weight is 328 g/mol. The number of aryl methyl sites for hydroxylation is 4. The monoisotopic (exact) mass is 328 g/mol. The molecule has 0 atom stereocenters. The van der Waals surface area contributed by atoms with E-state index < -0.39 is 16.0 Å². The molecule has 0 aliphatic rings. The maximum absolute atomic E-state index is 12.5. The van der Waals surface area contributed by atoms with Crippen molar-refractivity contribution in [2.75, 3.05) is 11.8 Å². The first-order chi connectivity index (χ1) is 10.2. The predicted octanol–water partition coefficient (Wildman–Crippen LogP) is 0.921. The lowest BCUT2D eigenvalue weighted by molar-refractivity contribution is 0.0589. The first-order valence-corrected chi connectivity index (χ1v) is 7.75. The Bertz CT molecular complexity index is 815. The van der Waals surface area contributed by atoms with Gasteiger partial charge in [0.15, 0.2) is 16.3 Å². The van der Waals surface area contributed by atoms with Crippen molar-refractivity contribution in [2.24, 2.45) is 7.05 Å². The largest absolute Gasteiger partial charge is 0.464 e. The molecule has 1 N–H and O–H groups in total. The fourth-order valence-electron chi connectivity index (χ4n) is 2.15. The third kappa shape index (κ3) is 2.56. The Morgan fingerprint density at radius 3 is 2.41 bits per heavy atom. The van der Waals surface area contributed by atoms with E-state index in [4.69, 9.17) is 4.52 Å². The summed E-state index contributed by atoms with van der Waals surface area (Å²) in [4.78, 5) is 11.8. The molecule has 9 nitrogen and oxygen atoms in total. The molecule has 0 saturated carbocycles. The molecule has 0 aliphatic heterocycles. The van der Waals surface area contributed by atoms with Crippen LogP contribution in [-0.2, 0) is 21.8 Å². The summed E-state index contributed by atoms with van der Waals surface area (Å²) in [5.74, 6) is -0.536. The van der Waals surface area contributed by atoms with Crippen LogP contribution in [0, 0.1) is 20.8 Å². The van der Waals surface area contributed by atoms with E-state index in [0.29, 0.717) is 5.69 Å². The van der Waals surface area contributed by atoms with E-state index in [1.807, 2.05) is 0 Å². The molecule has 0 radical (unpaired) electrons. The molecule has 10 heteroatoms. The first-order valence-electron chi connectivity index (χ1n) is 6.26. The number of ether oxygens (including phenoxy) is 1. The van der Waals surface area contributed by atoms with Gasteiger partial charge in [0, 0.05) is 7.05 Å². The molecule has 0 fully saturated rings. The highest BCUT2D eigenvalue weighted by atomic mass is 32.2. The summed E-state index contributed by atoms with van der Waals surface area (Å²) in [5, 5.41) is 7.66. The predicted molar refractivity (Wildman–Crippen MR) is 76.1 cm³/mol. The Kier molecular flexibility index (Phi) is 3.96. The number of nitrogens with zero attached hydrogens (tertiary/aromatic N) is 3. The van der Waals surface area contributed by atoms with E-state index in [-0.39, 0.29) is 27.7 Å². The van der Waals surface area contributed by atoms with Crippen molar-refractivity contribution in [3.05, 3.63) is 22.8 Å². The van der Waals surface area contributed by atoms with E-state index in [2.05, 4.69) is 19.7 Å². The van der Waals surface area contributed by atoms with E-state index in [1.165, 1.54) is 32.7 Å². The second-order valence-electron chi connectivity index (χ2n) is 4.68. The van der Waals surface area contributed by atoms with Gasteiger partial charge in [-0.15, -0.1) is 0 Å². The van der Waals surface area contributed by atoms with Crippen LogP contribution in [0.25, 0.3) is 0 Å². The highest BCUT2D eigenvalue weighted by Gasteiger charge is 2.29. The standard InChI is InChI=1S/C12H16N4O5S/c1-6-9(10(12(17)20-5)16(4)13-6)15-22(18,19)11-7(2)14-21-8(11)3/h15H,1-5H3. The van der Waals surface area contributed by atoms with Gasteiger partial charge < -0.3 is 9.26 Å². The smallest absolute Gasteiger partial charge is 0.358 e. The van der Waals surface area contributed by atoms with Crippen molar-refractivity contribution >= 4 is 21.7 Å². The zero-order valence-corrected chi connectivity index (χ0v) is 13.6. The number of carbonyl (C=O) groups is 1. The van der Waals surface area contributed by atoms with Crippen LogP contribution >= 0.6 is 0 Å². The van der Waals surface area contributed by atoms with Gasteiger partial charge in [0.05, 0.1) is 12.8 Å². The lowest BCUT2D eigenvalue weighted by atomic mass is 10.3. The minimum Gasteiger partial charge on any atom is -0.464 e. The summed E-state index contributed by atoms with van der Waals surface area (Å²) in [6, 6.07) is 0. The molecule has 0 unspecified atom stereocenters. The van der Waals surface area contributed by atoms with Crippen LogP contribution < -0.4 is 4.72 Å². The Hall–Kier alpha value is -2.36. The van der Waals surface area contributed by atoms with Gasteiger partial charge in [0.2, 0.25) is 0 Å². The van der Waals surface area contributed by atoms with E-state index in [9.17, 15) is 13.2 Å². The molecule has 0 aliphatic carbocycles. The topological polar surface area (TPSA) is 116 Å². The van der Waals surface area contributed by atoms with Crippen molar-refractivity contribution in [2.45, 2.75) is 25.7 Å². The van der Waals surface area contributed by atoms with Gasteiger partial charge in [0.1, 0.15) is 11.4 Å². The SMILES string of the molecule is COC(=O)c1c(NS(=O)(=O)c2c(C)noc2C)c(C)nn1C. The molecule has 0 bridgehead atoms. The molecule has 0 amide bonds. The summed E-state index contributed by atoms with van der Waals surface area (Å²) in [6.07, 6.45) is 0. The molecule has 2 rings (SSSR count). The second-order valence-corrected chi connectivity index (χ2v) is 6.30. The zero-order valence-electron chi connectivity index (χ0n) is 12.8. The van der Waals surface area contributed by atoms with Crippen LogP contribution in [0.4, 0.5) is 5.69 Å². The molecule has 0 saturated heterocycles. The van der Waals surface area contributed by atoms with Crippen LogP contribution in [0.1, 0.15) is 27.6 Å². The third-order valence-corrected chi connectivity index (χ3v) is 4.67. The highest BCUT2D eigenvalue weighted by molar-refractivity contribution is 7.92. The molecular weight excluding hydrogens is 312 g/mol. The average Bonchev–Trinajstić information content (AvgIpc) is 2.89. The number of carbonyl (C=O) groups excluding carboxylic acids is 1. The fraction of sp³-hybridized carbons (Fsp3) is 0.417. The van der Waals surface area contributed by atoms with Gasteiger partial charge in [0.25, 0.3) is 10.0 Å². The molecule has 2 aromatic rings. The summed E-state index contributed by atoms with van der Waals surface area (Å²) in [5.41, 5.74) is 0.647. The van der Waals surface area contributed by atoms with E-state index >= 15 is 0 Å². The maximum Gasteiger partial charge on any atom is 0.358 e. The van der Waals surface area contributed by atoms with Gasteiger partial charge in [-0.3, -0.25) is 9.40 Å². The summed E-state index contributed by atoms with van der Waals surface area (Å²) in [6.45, 7) is 4.59. The Morgan fingerprint density at radius 1 is 1.27 bits per heavy atom. The van der Waals surface area contributed by atoms with Crippen LogP contribution in [0.2, 0.25) is 0 Å². The number of nitrogens with one attached hydrogen (secondary N) is 1. The molecule has 22 heavy (non-hydrogen) atoms. The second kappa shape index (κ2) is 5.44. The number of aromatic nitrogens is 3. The number of hydrogen-bond acceptors (Lipinski definition) is 7. The number of esters is 1. The maximum atomic E-state index is 12.5. The van der Waals surface area contributed by atoms with Crippen LogP contribution in [-0.4, -0.2) is 36.4 Å². The first kappa shape index (κ1) is 16.0. The number of rotatable bonds is 4. The number of methoxy groups -OCH3 is 1. The lowest BCUT2D eigenvalue weighted by Gasteiger charge is -2.09. The molecular formula is C12H16N4O5S. The molecule has 120 valence electrons. The van der Waals surface area contributed by atoms with Crippen LogP contribution in [0.5, 0.6) is 0 Å². The normalized spacial score (nSPS) is 11.5. The van der Waals surface area contributed by atoms with Crippen molar-refractivity contribution in [3.8, 4) is 0 Å². The minimum atomic E-state index is -3.97. The van der Waals surface area contributed by atoms with Gasteiger partial charge in [-0.1, -0.05) is 5.16 Å². The van der Waals surface area contributed by atoms with Gasteiger partial charge in [-0.2, -0.15) is 5.10 Å². The Morgan fingerprint density at radius 2 is 1.91 bits per heavy atom. The Balaban J connectivity index is 2.54. The zero-order chi connectivity index (χ0) is 16.7. The number of hydrogen-bond donors (Lipinski definition) is 1. The number of anilines is 1. The molecule has 2 heterocycles. The molecule has 0 aromatic carbocycles. The summed E-state index contributed by atoms with van der Waals surface area (Å²) in [7, 11) is -1.25. The summed E-state index contributed by atoms with van der Waals surface area (Å²) < 4.78 is 38.2. The van der Waals surface area contributed by atoms with Crippen molar-refractivity contribution < 1.29 is 22.5 Å². The quantitative estimate of drug-likeness (QED) is 0.829. The minimum absolute atomic E-state index is 0.00957. The van der Waals surface area contributed by atoms with Crippen molar-refractivity contribution in [1.29, 1.82) is 0 Å². The lowest BCUT2D eigenvalue weighted by Crippen LogP contribution is -2.18. The molecule has 2 aromatic heterocycles. The van der Waals surface area contributed by atoms with Crippen molar-refractivity contribution in [3.63, 3.8) is 0 Å². The van der Waals surface area contributed by atoms with Gasteiger partial charge in [-0.25, -0.2) is 13.2 Å². The van der Waals surface area contributed by atoms with Gasteiger partial charge >= 0.3 is 5.97 Å². The highest BCUT2D eigenvalue weighted by Crippen LogP contribution is 2.26. The van der Waals surface area contributed by atoms with Crippen molar-refractivity contribution in [1.82, 2.24) is 14.9 Å². The van der Waals surface area contributed by atoms with Gasteiger partial charge in [-0.05, 0) is 20.8 Å². The van der Waals surface area contributed by atoms with Crippen LogP contribution in [0.15, 0.2) is 9.42 Å². The fourth-order valence-corrected chi connectivity index (χ4v) is 3.61. The van der Waals surface area contributed by atoms with E-state index in [1.54, 1.807) is 6.92 Å².